The van der Waals surface area contributed by atoms with E-state index in [1.165, 1.54) is 5.56 Å². The van der Waals surface area contributed by atoms with Crippen molar-refractivity contribution in [2.24, 2.45) is 0 Å². The van der Waals surface area contributed by atoms with E-state index in [0.29, 0.717) is 33.6 Å². The van der Waals surface area contributed by atoms with Gasteiger partial charge in [0.15, 0.2) is 0 Å². The van der Waals surface area contributed by atoms with Crippen molar-refractivity contribution in [3.63, 3.8) is 0 Å². The van der Waals surface area contributed by atoms with Crippen LogP contribution in [-0.4, -0.2) is 16.1 Å². The second kappa shape index (κ2) is 7.25. The van der Waals surface area contributed by atoms with Crippen molar-refractivity contribution in [1.82, 2.24) is 4.98 Å². The number of nitrogens with zero attached hydrogens (tertiary/aromatic N) is 1. The monoisotopic (exact) mass is 373 g/mol. The molecule has 0 aliphatic heterocycles. The lowest BCUT2D eigenvalue weighted by Gasteiger charge is -2.11. The summed E-state index contributed by atoms with van der Waals surface area (Å²) >= 11 is 7.24. The summed E-state index contributed by atoms with van der Waals surface area (Å²) < 4.78 is 5.96. The molecule has 0 saturated carbocycles. The molecule has 1 N–H and O–H groups in total. The maximum atomic E-state index is 11.3. The van der Waals surface area contributed by atoms with Gasteiger partial charge in [0, 0.05) is 5.02 Å². The quantitative estimate of drug-likeness (QED) is 0.654. The van der Waals surface area contributed by atoms with Gasteiger partial charge in [-0.25, -0.2) is 9.78 Å². The van der Waals surface area contributed by atoms with Crippen LogP contribution in [0.3, 0.4) is 0 Å². The number of carbonyl (C=O) groups is 1. The highest BCUT2D eigenvalue weighted by molar-refractivity contribution is 7.17. The molecular weight excluding hydrogens is 358 g/mol. The van der Waals surface area contributed by atoms with Crippen molar-refractivity contribution in [2.45, 2.75) is 20.5 Å². The number of benzene rings is 2. The molecule has 3 aromatic rings. The van der Waals surface area contributed by atoms with Crippen LogP contribution in [-0.2, 0) is 6.61 Å². The molecule has 0 bridgehead atoms. The zero-order valence-electron chi connectivity index (χ0n) is 13.7. The smallest absolute Gasteiger partial charge is 0.347 e. The highest BCUT2D eigenvalue weighted by Gasteiger charge is 2.18. The summed E-state index contributed by atoms with van der Waals surface area (Å²) in [5.74, 6) is -0.359. The molecule has 4 nitrogen and oxygen atoms in total. The number of carboxylic acid groups (broad SMARTS) is 1. The van der Waals surface area contributed by atoms with Crippen molar-refractivity contribution < 1.29 is 14.6 Å². The Hall–Kier alpha value is -2.37. The minimum atomic E-state index is -0.981. The molecule has 2 aromatic carbocycles. The second-order valence-corrected chi connectivity index (χ2v) is 7.09. The van der Waals surface area contributed by atoms with Gasteiger partial charge < -0.3 is 9.84 Å². The predicted octanol–water partition coefficient (Wildman–Crippen LogP) is 5.36. The molecule has 0 fully saturated rings. The van der Waals surface area contributed by atoms with Crippen LogP contribution in [0.25, 0.3) is 10.6 Å². The third-order valence-corrected chi connectivity index (χ3v) is 5.05. The molecule has 1 heterocycles. The van der Waals surface area contributed by atoms with E-state index in [4.69, 9.17) is 16.3 Å². The summed E-state index contributed by atoms with van der Waals surface area (Å²) in [6, 6.07) is 13.4. The van der Waals surface area contributed by atoms with Gasteiger partial charge in [0.05, 0.1) is 11.3 Å². The fraction of sp³-hybridized carbons (Fsp3) is 0.158. The molecular formula is C19H16ClNO3S. The molecule has 0 unspecified atom stereocenters. The minimum absolute atomic E-state index is 0.222. The van der Waals surface area contributed by atoms with E-state index in [2.05, 4.69) is 11.1 Å². The van der Waals surface area contributed by atoms with Crippen molar-refractivity contribution in [3.8, 4) is 16.3 Å². The Kier molecular flexibility index (Phi) is 5.06. The molecule has 128 valence electrons. The Morgan fingerprint density at radius 3 is 2.72 bits per heavy atom. The molecule has 0 saturated heterocycles. The van der Waals surface area contributed by atoms with Crippen LogP contribution in [0.2, 0.25) is 5.02 Å². The zero-order valence-corrected chi connectivity index (χ0v) is 15.3. The van der Waals surface area contributed by atoms with E-state index in [1.54, 1.807) is 25.1 Å². The van der Waals surface area contributed by atoms with Gasteiger partial charge in [-0.1, -0.05) is 41.4 Å². The largest absolute Gasteiger partial charge is 0.488 e. The number of aromatic nitrogens is 1. The van der Waals surface area contributed by atoms with Crippen LogP contribution in [0.1, 0.15) is 26.5 Å². The maximum Gasteiger partial charge on any atom is 0.347 e. The van der Waals surface area contributed by atoms with Crippen molar-refractivity contribution >= 4 is 28.9 Å². The fourth-order valence-electron chi connectivity index (χ4n) is 2.47. The van der Waals surface area contributed by atoms with Gasteiger partial charge in [0.1, 0.15) is 22.2 Å². The number of ether oxygens (including phenoxy) is 1. The number of halogens is 1. The standard InChI is InChI=1S/C19H16ClNO3S/c1-11-4-3-5-13(8-11)10-24-16-7-6-14(20)9-15(16)18-21-12(2)17(25-18)19(22)23/h3-9H,10H2,1-2H3,(H,22,23). The molecule has 0 aliphatic rings. The molecule has 25 heavy (non-hydrogen) atoms. The van der Waals surface area contributed by atoms with Gasteiger partial charge >= 0.3 is 5.97 Å². The first kappa shape index (κ1) is 17.5. The summed E-state index contributed by atoms with van der Waals surface area (Å²) in [5.41, 5.74) is 3.40. The topological polar surface area (TPSA) is 59.4 Å². The first-order valence-electron chi connectivity index (χ1n) is 7.63. The summed E-state index contributed by atoms with van der Waals surface area (Å²) in [7, 11) is 0. The third-order valence-electron chi connectivity index (χ3n) is 3.64. The van der Waals surface area contributed by atoms with Gasteiger partial charge in [-0.3, -0.25) is 0 Å². The number of carboxylic acids is 1. The number of aryl methyl sites for hydroxylation is 2. The highest BCUT2D eigenvalue weighted by Crippen LogP contribution is 2.36. The van der Waals surface area contributed by atoms with Crippen molar-refractivity contribution in [1.29, 1.82) is 0 Å². The van der Waals surface area contributed by atoms with Gasteiger partial charge in [-0.15, -0.1) is 11.3 Å². The molecule has 0 amide bonds. The molecule has 1 aromatic heterocycles. The molecule has 3 rings (SSSR count). The summed E-state index contributed by atoms with van der Waals surface area (Å²) in [4.78, 5) is 15.9. The molecule has 0 spiro atoms. The highest BCUT2D eigenvalue weighted by atomic mass is 35.5. The second-order valence-electron chi connectivity index (χ2n) is 5.66. The maximum absolute atomic E-state index is 11.3. The van der Waals surface area contributed by atoms with Gasteiger partial charge in [-0.2, -0.15) is 0 Å². The summed E-state index contributed by atoms with van der Waals surface area (Å²) in [6.45, 7) is 4.12. The average Bonchev–Trinajstić information content (AvgIpc) is 2.96. The van der Waals surface area contributed by atoms with E-state index in [0.717, 1.165) is 16.9 Å². The Bertz CT molecular complexity index is 936. The van der Waals surface area contributed by atoms with Crippen LogP contribution in [0.5, 0.6) is 5.75 Å². The van der Waals surface area contributed by atoms with Gasteiger partial charge in [0.2, 0.25) is 0 Å². The van der Waals surface area contributed by atoms with Crippen LogP contribution in [0.4, 0.5) is 0 Å². The van der Waals surface area contributed by atoms with Crippen LogP contribution in [0.15, 0.2) is 42.5 Å². The fourth-order valence-corrected chi connectivity index (χ4v) is 3.57. The zero-order chi connectivity index (χ0) is 18.0. The van der Waals surface area contributed by atoms with Gasteiger partial charge in [-0.05, 0) is 37.6 Å². The Morgan fingerprint density at radius 1 is 1.24 bits per heavy atom. The first-order chi connectivity index (χ1) is 11.9. The van der Waals surface area contributed by atoms with Crippen LogP contribution < -0.4 is 4.74 Å². The Morgan fingerprint density at radius 2 is 2.04 bits per heavy atom. The van der Waals surface area contributed by atoms with E-state index < -0.39 is 5.97 Å². The van der Waals surface area contributed by atoms with E-state index in [9.17, 15) is 9.90 Å². The van der Waals surface area contributed by atoms with Gasteiger partial charge in [0.25, 0.3) is 0 Å². The average molecular weight is 374 g/mol. The SMILES string of the molecule is Cc1cccc(COc2ccc(Cl)cc2-c2nc(C)c(C(=O)O)s2)c1. The lowest BCUT2D eigenvalue weighted by atomic mass is 10.1. The summed E-state index contributed by atoms with van der Waals surface area (Å²) in [5, 5.41) is 10.4. The predicted molar refractivity (Wildman–Crippen MR) is 99.8 cm³/mol. The first-order valence-corrected chi connectivity index (χ1v) is 8.82. The number of hydrogen-bond acceptors (Lipinski definition) is 4. The van der Waals surface area contributed by atoms with E-state index in [-0.39, 0.29) is 4.88 Å². The summed E-state index contributed by atoms with van der Waals surface area (Å²) in [6.07, 6.45) is 0. The lowest BCUT2D eigenvalue weighted by molar-refractivity contribution is 0.0701. The number of hydrogen-bond donors (Lipinski definition) is 1. The van der Waals surface area contributed by atoms with Crippen LogP contribution >= 0.6 is 22.9 Å². The lowest BCUT2D eigenvalue weighted by Crippen LogP contribution is -1.97. The number of rotatable bonds is 5. The Labute approximate surface area is 154 Å². The Balaban J connectivity index is 1.93. The molecule has 6 heteroatoms. The number of aromatic carboxylic acids is 1. The van der Waals surface area contributed by atoms with Crippen molar-refractivity contribution in [2.75, 3.05) is 0 Å². The normalized spacial score (nSPS) is 10.7. The number of thiazole rings is 1. The van der Waals surface area contributed by atoms with Crippen LogP contribution in [0, 0.1) is 13.8 Å². The van der Waals surface area contributed by atoms with E-state index in [1.807, 2.05) is 25.1 Å². The van der Waals surface area contributed by atoms with E-state index >= 15 is 0 Å². The molecule has 0 radical (unpaired) electrons. The minimum Gasteiger partial charge on any atom is -0.488 e. The molecule has 0 atom stereocenters. The third kappa shape index (κ3) is 4.00. The molecule has 0 aliphatic carbocycles. The van der Waals surface area contributed by atoms with Crippen molar-refractivity contribution in [3.05, 3.63) is 69.2 Å².